The maximum atomic E-state index is 12.3. The van der Waals surface area contributed by atoms with Crippen LogP contribution in [0, 0.1) is 5.92 Å². The Labute approximate surface area is 147 Å². The fraction of sp³-hybridized carbons (Fsp3) is 0.350. The van der Waals surface area contributed by atoms with Gasteiger partial charge in [0.05, 0.1) is 13.2 Å². The van der Waals surface area contributed by atoms with Crippen LogP contribution in [0.15, 0.2) is 58.3 Å². The maximum absolute atomic E-state index is 12.3. The Hall–Kier alpha value is -1.78. The summed E-state index contributed by atoms with van der Waals surface area (Å²) in [5, 5.41) is 3.56. The predicted molar refractivity (Wildman–Crippen MR) is 97.2 cm³/mol. The highest BCUT2D eigenvalue weighted by atomic mass is 32.2. The molecule has 2 aromatic rings. The number of carbonyl (C=O) groups excluding carboxylic acids is 1. The molecule has 0 aromatic heterocycles. The van der Waals surface area contributed by atoms with Crippen LogP contribution in [0.1, 0.15) is 37.4 Å². The van der Waals surface area contributed by atoms with Crippen molar-refractivity contribution in [1.29, 1.82) is 0 Å². The molecule has 0 radical (unpaired) electrons. The molecule has 3 nitrogen and oxygen atoms in total. The number of hydrogen-bond acceptors (Lipinski definition) is 4. The molecule has 1 atom stereocenters. The van der Waals surface area contributed by atoms with Crippen molar-refractivity contribution >= 4 is 17.7 Å². The SMILES string of the molecule is COC(=O)[C@H](CC(C)C)NC1c2ccccc2Sc2ccccc21. The van der Waals surface area contributed by atoms with Gasteiger partial charge in [-0.3, -0.25) is 10.1 Å². The molecule has 0 saturated heterocycles. The number of ether oxygens (including phenoxy) is 1. The van der Waals surface area contributed by atoms with Crippen molar-refractivity contribution in [1.82, 2.24) is 5.32 Å². The summed E-state index contributed by atoms with van der Waals surface area (Å²) >= 11 is 1.79. The molecule has 4 heteroatoms. The lowest BCUT2D eigenvalue weighted by molar-refractivity contribution is -0.143. The minimum atomic E-state index is -0.316. The van der Waals surface area contributed by atoms with E-state index in [0.29, 0.717) is 5.92 Å². The topological polar surface area (TPSA) is 38.3 Å². The van der Waals surface area contributed by atoms with Crippen LogP contribution >= 0.6 is 11.8 Å². The van der Waals surface area contributed by atoms with E-state index in [4.69, 9.17) is 4.74 Å². The van der Waals surface area contributed by atoms with Crippen LogP contribution in [0.3, 0.4) is 0 Å². The summed E-state index contributed by atoms with van der Waals surface area (Å²) < 4.78 is 5.02. The third-order valence-electron chi connectivity index (χ3n) is 4.24. The summed E-state index contributed by atoms with van der Waals surface area (Å²) in [4.78, 5) is 14.7. The van der Waals surface area contributed by atoms with E-state index >= 15 is 0 Å². The van der Waals surface area contributed by atoms with Crippen LogP contribution in [0.25, 0.3) is 0 Å². The van der Waals surface area contributed by atoms with Gasteiger partial charge in [-0.1, -0.05) is 62.0 Å². The molecule has 1 N–H and O–H groups in total. The number of nitrogens with one attached hydrogen (secondary N) is 1. The second-order valence-electron chi connectivity index (χ2n) is 6.48. The van der Waals surface area contributed by atoms with Gasteiger partial charge in [0.1, 0.15) is 6.04 Å². The summed E-state index contributed by atoms with van der Waals surface area (Å²) in [6.07, 6.45) is 0.751. The van der Waals surface area contributed by atoms with E-state index in [2.05, 4.69) is 67.7 Å². The summed E-state index contributed by atoms with van der Waals surface area (Å²) in [7, 11) is 1.45. The number of benzene rings is 2. The Kier molecular flexibility index (Phi) is 5.27. The lowest BCUT2D eigenvalue weighted by atomic mass is 9.95. The normalized spacial score (nSPS) is 14.8. The number of carbonyl (C=O) groups is 1. The zero-order valence-electron chi connectivity index (χ0n) is 14.3. The fourth-order valence-corrected chi connectivity index (χ4v) is 4.27. The van der Waals surface area contributed by atoms with E-state index in [1.807, 2.05) is 0 Å². The zero-order chi connectivity index (χ0) is 17.1. The van der Waals surface area contributed by atoms with E-state index in [9.17, 15) is 4.79 Å². The van der Waals surface area contributed by atoms with Gasteiger partial charge >= 0.3 is 5.97 Å². The molecule has 1 aliphatic heterocycles. The quantitative estimate of drug-likeness (QED) is 0.817. The number of hydrogen-bond donors (Lipinski definition) is 1. The van der Waals surface area contributed by atoms with Crippen LogP contribution in [0.5, 0.6) is 0 Å². The number of rotatable bonds is 5. The van der Waals surface area contributed by atoms with Crippen molar-refractivity contribution < 1.29 is 9.53 Å². The van der Waals surface area contributed by atoms with Crippen LogP contribution in [0.2, 0.25) is 0 Å². The first-order valence-electron chi connectivity index (χ1n) is 8.29. The first-order chi connectivity index (χ1) is 11.6. The molecule has 0 amide bonds. The molecule has 0 bridgehead atoms. The molecular formula is C20H23NO2S. The summed E-state index contributed by atoms with van der Waals surface area (Å²) in [5.41, 5.74) is 2.44. The highest BCUT2D eigenvalue weighted by Crippen LogP contribution is 2.44. The molecule has 126 valence electrons. The average molecular weight is 341 g/mol. The Morgan fingerprint density at radius 3 is 2.12 bits per heavy atom. The number of fused-ring (bicyclic) bond motifs is 2. The summed E-state index contributed by atoms with van der Waals surface area (Å²) in [6.45, 7) is 4.24. The van der Waals surface area contributed by atoms with Gasteiger partial charge in [-0.25, -0.2) is 0 Å². The van der Waals surface area contributed by atoms with Crippen molar-refractivity contribution in [2.75, 3.05) is 7.11 Å². The molecule has 0 saturated carbocycles. The number of esters is 1. The second-order valence-corrected chi connectivity index (χ2v) is 7.57. The van der Waals surface area contributed by atoms with Gasteiger partial charge in [0.15, 0.2) is 0 Å². The van der Waals surface area contributed by atoms with Gasteiger partial charge < -0.3 is 4.74 Å². The van der Waals surface area contributed by atoms with Crippen LogP contribution in [-0.2, 0) is 9.53 Å². The highest BCUT2D eigenvalue weighted by molar-refractivity contribution is 7.99. The Morgan fingerprint density at radius 2 is 1.62 bits per heavy atom. The number of methoxy groups -OCH3 is 1. The Morgan fingerprint density at radius 1 is 1.08 bits per heavy atom. The second kappa shape index (κ2) is 7.41. The van der Waals surface area contributed by atoms with Crippen molar-refractivity contribution in [3.05, 3.63) is 59.7 Å². The molecule has 0 aliphatic carbocycles. The van der Waals surface area contributed by atoms with Crippen molar-refractivity contribution in [2.24, 2.45) is 5.92 Å². The van der Waals surface area contributed by atoms with Gasteiger partial charge in [0.2, 0.25) is 0 Å². The molecule has 3 rings (SSSR count). The summed E-state index contributed by atoms with van der Waals surface area (Å²) in [5.74, 6) is 0.210. The van der Waals surface area contributed by atoms with Crippen molar-refractivity contribution in [3.63, 3.8) is 0 Å². The van der Waals surface area contributed by atoms with E-state index < -0.39 is 0 Å². The molecule has 0 spiro atoms. The van der Waals surface area contributed by atoms with Gasteiger partial charge in [-0.15, -0.1) is 0 Å². The highest BCUT2D eigenvalue weighted by Gasteiger charge is 2.30. The minimum absolute atomic E-state index is 0.00139. The third kappa shape index (κ3) is 3.50. The maximum Gasteiger partial charge on any atom is 0.322 e. The molecule has 24 heavy (non-hydrogen) atoms. The molecule has 2 aromatic carbocycles. The van der Waals surface area contributed by atoms with Crippen molar-refractivity contribution in [3.8, 4) is 0 Å². The van der Waals surface area contributed by atoms with Gasteiger partial charge in [-0.05, 0) is 35.6 Å². The standard InChI is InChI=1S/C20H23NO2S/c1-13(2)12-16(20(22)23-3)21-19-14-8-4-6-10-17(14)24-18-11-7-5-9-15(18)19/h4-11,13,16,19,21H,12H2,1-3H3/t16-/m0/s1. The van der Waals surface area contributed by atoms with Gasteiger partial charge in [0.25, 0.3) is 0 Å². The van der Waals surface area contributed by atoms with E-state index in [1.54, 1.807) is 11.8 Å². The van der Waals surface area contributed by atoms with E-state index in [1.165, 1.54) is 28.0 Å². The first kappa shape index (κ1) is 17.1. The minimum Gasteiger partial charge on any atom is -0.468 e. The Bertz CT molecular complexity index is 684. The lowest BCUT2D eigenvalue weighted by Gasteiger charge is -2.31. The van der Waals surface area contributed by atoms with Crippen LogP contribution in [-0.4, -0.2) is 19.1 Å². The van der Waals surface area contributed by atoms with Crippen molar-refractivity contribution in [2.45, 2.75) is 42.1 Å². The van der Waals surface area contributed by atoms with Crippen LogP contribution in [0.4, 0.5) is 0 Å². The van der Waals surface area contributed by atoms with Gasteiger partial charge in [-0.2, -0.15) is 0 Å². The first-order valence-corrected chi connectivity index (χ1v) is 9.11. The molecule has 0 fully saturated rings. The molecular weight excluding hydrogens is 318 g/mol. The largest absolute Gasteiger partial charge is 0.468 e. The van der Waals surface area contributed by atoms with Gasteiger partial charge in [0, 0.05) is 9.79 Å². The summed E-state index contributed by atoms with van der Waals surface area (Å²) in [6, 6.07) is 16.5. The monoisotopic (exact) mass is 341 g/mol. The molecule has 1 heterocycles. The molecule has 0 unspecified atom stereocenters. The fourth-order valence-electron chi connectivity index (χ4n) is 3.14. The Balaban J connectivity index is 1.98. The lowest BCUT2D eigenvalue weighted by Crippen LogP contribution is -2.42. The average Bonchev–Trinajstić information content (AvgIpc) is 2.59. The van der Waals surface area contributed by atoms with E-state index in [-0.39, 0.29) is 18.1 Å². The van der Waals surface area contributed by atoms with Crippen LogP contribution < -0.4 is 5.32 Å². The smallest absolute Gasteiger partial charge is 0.322 e. The van der Waals surface area contributed by atoms with E-state index in [0.717, 1.165) is 6.42 Å². The zero-order valence-corrected chi connectivity index (χ0v) is 15.1. The third-order valence-corrected chi connectivity index (χ3v) is 5.42. The predicted octanol–water partition coefficient (Wildman–Crippen LogP) is 4.42. The molecule has 1 aliphatic rings.